The topological polar surface area (TPSA) is 191 Å². The van der Waals surface area contributed by atoms with Crippen LogP contribution in [0.4, 0.5) is 0 Å². The number of ether oxygens (including phenoxy) is 15. The zero-order valence-corrected chi connectivity index (χ0v) is 42.6. The monoisotopic (exact) mass is 932 g/mol. The van der Waals surface area contributed by atoms with Crippen LogP contribution in [-0.2, 0) is 71.1 Å². The Hall–Kier alpha value is -0.720. The molecule has 0 spiro atoms. The molecule has 0 saturated carbocycles. The van der Waals surface area contributed by atoms with Crippen LogP contribution in [0.1, 0.15) is 54.4 Å². The van der Waals surface area contributed by atoms with Crippen molar-refractivity contribution >= 4 is 0 Å². The quantitative estimate of drug-likeness (QED) is 0.0970. The molecule has 0 radical (unpaired) electrons. The second kappa shape index (κ2) is 33.7. The highest BCUT2D eigenvalue weighted by Crippen LogP contribution is 2.39. The third-order valence-electron chi connectivity index (χ3n) is 12.8. The molecule has 0 aromatic heterocycles. The normalized spacial score (nSPS) is 34.2. The third kappa shape index (κ3) is 17.4. The molecule has 3 rings (SSSR count). The number of rotatable bonds is 28. The smallest absolute Gasteiger partial charge is 0.110 e. The predicted molar refractivity (Wildman–Crippen MR) is 242 cm³/mol. The molecular formula is C46H93NO17. The van der Waals surface area contributed by atoms with Crippen LogP contribution in [0.25, 0.3) is 0 Å². The van der Waals surface area contributed by atoms with Crippen LogP contribution >= 0.6 is 0 Å². The second-order valence-electron chi connectivity index (χ2n) is 17.1. The summed E-state index contributed by atoms with van der Waals surface area (Å²) >= 11 is 0. The Labute approximate surface area is 386 Å². The van der Waals surface area contributed by atoms with E-state index in [1.807, 2.05) is 48.7 Å². The lowest BCUT2D eigenvalue weighted by Gasteiger charge is -2.48. The van der Waals surface area contributed by atoms with Gasteiger partial charge in [0.25, 0.3) is 0 Å². The molecule has 17 atom stereocenters. The summed E-state index contributed by atoms with van der Waals surface area (Å²) in [6, 6.07) is 0. The summed E-state index contributed by atoms with van der Waals surface area (Å²) < 4.78 is 89.5. The fraction of sp³-hybridized carbons (Fsp3) is 1.00. The molecule has 0 aromatic rings. The molecule has 0 aliphatic carbocycles. The highest BCUT2D eigenvalue weighted by atomic mass is 16.6. The van der Waals surface area contributed by atoms with Gasteiger partial charge in [-0.15, -0.1) is 0 Å². The van der Waals surface area contributed by atoms with Crippen LogP contribution < -0.4 is 5.32 Å². The third-order valence-corrected chi connectivity index (χ3v) is 12.8. The molecule has 18 nitrogen and oxygen atoms in total. The van der Waals surface area contributed by atoms with Crippen LogP contribution in [-0.4, -0.2) is 233 Å². The number of methoxy groups -OCH3 is 9. The maximum atomic E-state index is 11.6. The molecule has 3 fully saturated rings. The highest BCUT2D eigenvalue weighted by molar-refractivity contribution is 4.98. The minimum atomic E-state index is -1.04. The van der Waals surface area contributed by atoms with Crippen molar-refractivity contribution in [3.05, 3.63) is 0 Å². The number of aliphatic hydroxyl groups excluding tert-OH is 2. The molecular weight excluding hydrogens is 838 g/mol. The van der Waals surface area contributed by atoms with E-state index in [-0.39, 0.29) is 98.9 Å². The first-order chi connectivity index (χ1) is 30.8. The van der Waals surface area contributed by atoms with Crippen molar-refractivity contribution in [1.82, 2.24) is 5.32 Å². The summed E-state index contributed by atoms with van der Waals surface area (Å²) in [5.74, 6) is -0.763. The van der Waals surface area contributed by atoms with Gasteiger partial charge in [0.15, 0.2) is 0 Å². The maximum absolute atomic E-state index is 11.6. The Morgan fingerprint density at radius 2 is 1.08 bits per heavy atom. The van der Waals surface area contributed by atoms with Crippen molar-refractivity contribution in [1.29, 1.82) is 0 Å². The predicted octanol–water partition coefficient (Wildman–Crippen LogP) is 2.65. The first-order valence-corrected chi connectivity index (χ1v) is 23.1. The SMILES string of the molecule is CC.CCC1OC(COC)C(COCCC(OC)C(COCC2OC(COC)C(COCC3OC(C)C(C)(C)C(OC)C3O)C(OC)C2O)C(COC)OC)C(OC)C1OC.CNC. The Bertz CT molecular complexity index is 1130. The molecule has 3 saturated heterocycles. The summed E-state index contributed by atoms with van der Waals surface area (Å²) in [6.45, 7) is 14.4. The standard InChI is InChI=1S/C42H80O17.C2H7N.C2H6/c1-14-29-40(52-12)39(51-11)28(33(58-29)22-47-7)18-54-16-15-30(48-8)26(31(49-9)20-45-5)17-55-23-34-36(43)38(50-10)27(32(59-34)21-46-6)19-56-24-35-37(44)41(53-13)42(3,4)25(2)57-35;1-3-2;1-2/h25-41,43-44H,14-24H2,1-13H3;3H,1-2H3;1-2H3. The average Bonchev–Trinajstić information content (AvgIpc) is 3.28. The van der Waals surface area contributed by atoms with Gasteiger partial charge in [0.05, 0.1) is 108 Å². The van der Waals surface area contributed by atoms with Crippen molar-refractivity contribution < 1.29 is 81.3 Å². The first-order valence-electron chi connectivity index (χ1n) is 23.1. The van der Waals surface area contributed by atoms with Gasteiger partial charge in [-0.1, -0.05) is 34.6 Å². The summed E-state index contributed by atoms with van der Waals surface area (Å²) in [4.78, 5) is 0. The Balaban J connectivity index is 0.00000392. The number of hydrogen-bond donors (Lipinski definition) is 3. The van der Waals surface area contributed by atoms with Gasteiger partial charge < -0.3 is 86.6 Å². The molecule has 64 heavy (non-hydrogen) atoms. The van der Waals surface area contributed by atoms with E-state index in [9.17, 15) is 10.2 Å². The largest absolute Gasteiger partial charge is 0.388 e. The Kier molecular flexibility index (Phi) is 32.3. The van der Waals surface area contributed by atoms with Crippen molar-refractivity contribution in [2.75, 3.05) is 138 Å². The van der Waals surface area contributed by atoms with Crippen LogP contribution in [0.3, 0.4) is 0 Å². The Morgan fingerprint density at radius 3 is 1.58 bits per heavy atom. The van der Waals surface area contributed by atoms with Gasteiger partial charge >= 0.3 is 0 Å². The second-order valence-corrected chi connectivity index (χ2v) is 17.1. The van der Waals surface area contributed by atoms with Crippen LogP contribution in [0.5, 0.6) is 0 Å². The van der Waals surface area contributed by atoms with E-state index in [0.717, 1.165) is 6.42 Å². The van der Waals surface area contributed by atoms with Crippen LogP contribution in [0.2, 0.25) is 0 Å². The summed E-state index contributed by atoms with van der Waals surface area (Å²) in [7, 11) is 18.4. The summed E-state index contributed by atoms with van der Waals surface area (Å²) in [6.07, 6.45) is -5.11. The molecule has 17 unspecified atom stereocenters. The summed E-state index contributed by atoms with van der Waals surface area (Å²) in [5.41, 5.74) is -0.386. The van der Waals surface area contributed by atoms with Gasteiger partial charge in [0.2, 0.25) is 0 Å². The lowest BCUT2D eigenvalue weighted by molar-refractivity contribution is -0.254. The van der Waals surface area contributed by atoms with E-state index < -0.39 is 42.7 Å². The number of nitrogens with one attached hydrogen (secondary N) is 1. The molecule has 0 bridgehead atoms. The number of hydrogen-bond acceptors (Lipinski definition) is 18. The Morgan fingerprint density at radius 1 is 0.562 bits per heavy atom. The van der Waals surface area contributed by atoms with E-state index in [2.05, 4.69) is 12.2 Å². The van der Waals surface area contributed by atoms with Gasteiger partial charge in [-0.05, 0) is 33.9 Å². The molecule has 3 aliphatic heterocycles. The molecule has 0 aromatic carbocycles. The van der Waals surface area contributed by atoms with Gasteiger partial charge in [0, 0.05) is 93.8 Å². The van der Waals surface area contributed by atoms with Crippen LogP contribution in [0, 0.1) is 23.2 Å². The lowest BCUT2D eigenvalue weighted by Crippen LogP contribution is -2.60. The number of aliphatic hydroxyl groups is 2. The van der Waals surface area contributed by atoms with Gasteiger partial charge in [0.1, 0.15) is 30.5 Å². The van der Waals surface area contributed by atoms with E-state index in [0.29, 0.717) is 32.8 Å². The van der Waals surface area contributed by atoms with Gasteiger partial charge in [-0.3, -0.25) is 0 Å². The molecule has 18 heteroatoms. The average molecular weight is 932 g/mol. The minimum Gasteiger partial charge on any atom is -0.388 e. The molecule has 3 heterocycles. The molecule has 384 valence electrons. The van der Waals surface area contributed by atoms with Crippen molar-refractivity contribution in [3.63, 3.8) is 0 Å². The lowest BCUT2D eigenvalue weighted by atomic mass is 9.75. The zero-order valence-electron chi connectivity index (χ0n) is 42.6. The van der Waals surface area contributed by atoms with Crippen LogP contribution in [0.15, 0.2) is 0 Å². The fourth-order valence-corrected chi connectivity index (χ4v) is 9.10. The molecule has 3 N–H and O–H groups in total. The fourth-order valence-electron chi connectivity index (χ4n) is 9.10. The van der Waals surface area contributed by atoms with Gasteiger partial charge in [-0.25, -0.2) is 0 Å². The first kappa shape index (κ1) is 61.3. The van der Waals surface area contributed by atoms with Crippen molar-refractivity contribution in [2.45, 2.75) is 140 Å². The molecule has 0 amide bonds. The summed E-state index contributed by atoms with van der Waals surface area (Å²) in [5, 5.41) is 25.4. The molecule has 3 aliphatic rings. The zero-order chi connectivity index (χ0) is 48.4. The van der Waals surface area contributed by atoms with E-state index in [4.69, 9.17) is 71.1 Å². The highest BCUT2D eigenvalue weighted by Gasteiger charge is 2.50. The van der Waals surface area contributed by atoms with E-state index in [1.165, 1.54) is 0 Å². The maximum Gasteiger partial charge on any atom is 0.110 e. The van der Waals surface area contributed by atoms with Crippen molar-refractivity contribution in [2.24, 2.45) is 23.2 Å². The van der Waals surface area contributed by atoms with E-state index >= 15 is 0 Å². The van der Waals surface area contributed by atoms with E-state index in [1.54, 1.807) is 64.0 Å². The van der Waals surface area contributed by atoms with Crippen molar-refractivity contribution in [3.8, 4) is 0 Å². The van der Waals surface area contributed by atoms with Gasteiger partial charge in [-0.2, -0.15) is 0 Å². The minimum absolute atomic E-state index is 0.0657.